The number of carbonyl (C=O) groups is 1. The van der Waals surface area contributed by atoms with E-state index in [9.17, 15) is 4.79 Å². The number of rotatable bonds is 3. The van der Waals surface area contributed by atoms with Gasteiger partial charge in [0.1, 0.15) is 6.29 Å². The van der Waals surface area contributed by atoms with E-state index in [4.69, 9.17) is 4.52 Å². The molecule has 0 aliphatic carbocycles. The van der Waals surface area contributed by atoms with E-state index in [1.54, 1.807) is 13.0 Å². The number of aromatic nitrogens is 3. The standard InChI is InChI=1S/C13H11N3O2/c1-9-14-13(15-18-9)7-16-5-4-11-3-2-10(8-17)6-12(11)16/h2-6,8H,7H2,1H3. The maximum atomic E-state index is 10.8. The van der Waals surface area contributed by atoms with Crippen molar-refractivity contribution in [3.63, 3.8) is 0 Å². The Morgan fingerprint density at radius 3 is 3.00 bits per heavy atom. The zero-order valence-electron chi connectivity index (χ0n) is 9.83. The van der Waals surface area contributed by atoms with Crippen LogP contribution in [0.4, 0.5) is 0 Å². The van der Waals surface area contributed by atoms with Gasteiger partial charge in [0, 0.05) is 24.2 Å². The zero-order chi connectivity index (χ0) is 12.5. The molecule has 0 unspecified atom stereocenters. The fourth-order valence-electron chi connectivity index (χ4n) is 1.97. The van der Waals surface area contributed by atoms with Gasteiger partial charge in [-0.2, -0.15) is 4.98 Å². The molecule has 18 heavy (non-hydrogen) atoms. The van der Waals surface area contributed by atoms with Crippen LogP contribution in [-0.4, -0.2) is 21.0 Å². The van der Waals surface area contributed by atoms with Crippen molar-refractivity contribution in [2.75, 3.05) is 0 Å². The Kier molecular flexibility index (Phi) is 2.44. The largest absolute Gasteiger partial charge is 0.340 e. The van der Waals surface area contributed by atoms with E-state index in [0.717, 1.165) is 17.2 Å². The predicted molar refractivity (Wildman–Crippen MR) is 65.5 cm³/mol. The minimum atomic E-state index is 0.531. The molecule has 2 aromatic heterocycles. The Morgan fingerprint density at radius 2 is 2.28 bits per heavy atom. The number of aldehydes is 1. The van der Waals surface area contributed by atoms with Crippen molar-refractivity contribution in [1.29, 1.82) is 0 Å². The van der Waals surface area contributed by atoms with Crippen LogP contribution >= 0.6 is 0 Å². The lowest BCUT2D eigenvalue weighted by atomic mass is 10.2. The molecule has 0 spiro atoms. The van der Waals surface area contributed by atoms with Gasteiger partial charge in [-0.05, 0) is 17.5 Å². The van der Waals surface area contributed by atoms with E-state index in [2.05, 4.69) is 10.1 Å². The van der Waals surface area contributed by atoms with Crippen molar-refractivity contribution in [2.45, 2.75) is 13.5 Å². The van der Waals surface area contributed by atoms with Gasteiger partial charge in [-0.3, -0.25) is 4.79 Å². The Morgan fingerprint density at radius 1 is 1.39 bits per heavy atom. The van der Waals surface area contributed by atoms with Crippen LogP contribution in [0.2, 0.25) is 0 Å². The summed E-state index contributed by atoms with van der Waals surface area (Å²) in [4.78, 5) is 15.0. The summed E-state index contributed by atoms with van der Waals surface area (Å²) >= 11 is 0. The average molecular weight is 241 g/mol. The van der Waals surface area contributed by atoms with Gasteiger partial charge in [0.05, 0.1) is 6.54 Å². The molecule has 0 fully saturated rings. The van der Waals surface area contributed by atoms with Crippen LogP contribution in [0.25, 0.3) is 10.9 Å². The normalized spacial score (nSPS) is 10.9. The first-order valence-electron chi connectivity index (χ1n) is 5.59. The molecule has 2 heterocycles. The molecule has 0 atom stereocenters. The molecule has 0 aliphatic rings. The highest BCUT2D eigenvalue weighted by atomic mass is 16.5. The summed E-state index contributed by atoms with van der Waals surface area (Å²) in [6.07, 6.45) is 2.79. The molecule has 0 saturated carbocycles. The van der Waals surface area contributed by atoms with E-state index in [1.165, 1.54) is 0 Å². The lowest BCUT2D eigenvalue weighted by molar-refractivity contribution is 0.112. The molecule has 0 bridgehead atoms. The van der Waals surface area contributed by atoms with Gasteiger partial charge in [0.15, 0.2) is 5.82 Å². The van der Waals surface area contributed by atoms with E-state index in [-0.39, 0.29) is 0 Å². The van der Waals surface area contributed by atoms with Crippen LogP contribution in [0, 0.1) is 6.92 Å². The number of nitrogens with zero attached hydrogens (tertiary/aromatic N) is 3. The number of benzene rings is 1. The summed E-state index contributed by atoms with van der Waals surface area (Å²) in [6, 6.07) is 7.58. The molecular weight excluding hydrogens is 230 g/mol. The van der Waals surface area contributed by atoms with Crippen molar-refractivity contribution in [2.24, 2.45) is 0 Å². The summed E-state index contributed by atoms with van der Waals surface area (Å²) in [5, 5.41) is 4.95. The van der Waals surface area contributed by atoms with Crippen molar-refractivity contribution in [1.82, 2.24) is 14.7 Å². The number of hydrogen-bond acceptors (Lipinski definition) is 4. The molecule has 3 aromatic rings. The molecule has 5 heteroatoms. The molecule has 3 rings (SSSR count). The Bertz CT molecular complexity index is 712. The molecule has 5 nitrogen and oxygen atoms in total. The van der Waals surface area contributed by atoms with Gasteiger partial charge in [0.25, 0.3) is 0 Å². The van der Waals surface area contributed by atoms with Gasteiger partial charge >= 0.3 is 0 Å². The van der Waals surface area contributed by atoms with Crippen molar-refractivity contribution in [3.8, 4) is 0 Å². The van der Waals surface area contributed by atoms with E-state index in [1.807, 2.05) is 29.0 Å². The minimum Gasteiger partial charge on any atom is -0.340 e. The van der Waals surface area contributed by atoms with E-state index < -0.39 is 0 Å². The zero-order valence-corrected chi connectivity index (χ0v) is 9.83. The second-order valence-corrected chi connectivity index (χ2v) is 4.11. The van der Waals surface area contributed by atoms with Gasteiger partial charge < -0.3 is 9.09 Å². The lowest BCUT2D eigenvalue weighted by Gasteiger charge is -2.01. The van der Waals surface area contributed by atoms with E-state index >= 15 is 0 Å². The number of carbonyl (C=O) groups excluding carboxylic acids is 1. The van der Waals surface area contributed by atoms with Crippen LogP contribution in [0.15, 0.2) is 35.0 Å². The monoisotopic (exact) mass is 241 g/mol. The number of fused-ring (bicyclic) bond motifs is 1. The maximum Gasteiger partial charge on any atom is 0.223 e. The molecule has 0 aliphatic heterocycles. The molecule has 0 amide bonds. The lowest BCUT2D eigenvalue weighted by Crippen LogP contribution is -2.00. The Balaban J connectivity index is 2.03. The average Bonchev–Trinajstić information content (AvgIpc) is 2.96. The van der Waals surface area contributed by atoms with Crippen molar-refractivity contribution >= 4 is 17.2 Å². The number of aryl methyl sites for hydroxylation is 1. The minimum absolute atomic E-state index is 0.531. The highest BCUT2D eigenvalue weighted by Crippen LogP contribution is 2.17. The Hall–Kier alpha value is -2.43. The van der Waals surface area contributed by atoms with Crippen LogP contribution in [0.1, 0.15) is 22.1 Å². The van der Waals surface area contributed by atoms with Crippen molar-refractivity contribution in [3.05, 3.63) is 47.7 Å². The fourth-order valence-corrected chi connectivity index (χ4v) is 1.97. The van der Waals surface area contributed by atoms with Gasteiger partial charge in [-0.25, -0.2) is 0 Å². The molecule has 0 radical (unpaired) electrons. The van der Waals surface area contributed by atoms with Gasteiger partial charge in [0.2, 0.25) is 5.89 Å². The fraction of sp³-hybridized carbons (Fsp3) is 0.154. The van der Waals surface area contributed by atoms with Crippen LogP contribution in [0.3, 0.4) is 0 Å². The molecular formula is C13H11N3O2. The summed E-state index contributed by atoms with van der Waals surface area (Å²) in [6.45, 7) is 2.29. The first-order valence-corrected chi connectivity index (χ1v) is 5.59. The van der Waals surface area contributed by atoms with Crippen LogP contribution in [0.5, 0.6) is 0 Å². The predicted octanol–water partition coefficient (Wildman–Crippen LogP) is 2.19. The quantitative estimate of drug-likeness (QED) is 0.659. The molecule has 0 saturated heterocycles. The molecule has 1 aromatic carbocycles. The highest BCUT2D eigenvalue weighted by molar-refractivity contribution is 5.87. The maximum absolute atomic E-state index is 10.8. The second-order valence-electron chi connectivity index (χ2n) is 4.11. The first-order chi connectivity index (χ1) is 8.76. The van der Waals surface area contributed by atoms with Gasteiger partial charge in [-0.15, -0.1) is 0 Å². The Labute approximate surface area is 103 Å². The summed E-state index contributed by atoms with van der Waals surface area (Å²) < 4.78 is 6.93. The summed E-state index contributed by atoms with van der Waals surface area (Å²) in [5.41, 5.74) is 1.65. The van der Waals surface area contributed by atoms with Crippen molar-refractivity contribution < 1.29 is 9.32 Å². The second kappa shape index (κ2) is 4.10. The van der Waals surface area contributed by atoms with E-state index in [0.29, 0.717) is 23.8 Å². The van der Waals surface area contributed by atoms with Crippen LogP contribution in [-0.2, 0) is 6.54 Å². The first kappa shape index (κ1) is 10.7. The smallest absolute Gasteiger partial charge is 0.223 e. The summed E-state index contributed by atoms with van der Waals surface area (Å²) in [7, 11) is 0. The van der Waals surface area contributed by atoms with Gasteiger partial charge in [-0.1, -0.05) is 17.3 Å². The number of hydrogen-bond donors (Lipinski definition) is 0. The third-order valence-corrected chi connectivity index (χ3v) is 2.82. The molecule has 0 N–H and O–H groups in total. The van der Waals surface area contributed by atoms with Crippen LogP contribution < -0.4 is 0 Å². The summed E-state index contributed by atoms with van der Waals surface area (Å²) in [5.74, 6) is 1.18. The highest BCUT2D eigenvalue weighted by Gasteiger charge is 2.06. The third-order valence-electron chi connectivity index (χ3n) is 2.82. The topological polar surface area (TPSA) is 60.9 Å². The molecule has 90 valence electrons. The third kappa shape index (κ3) is 1.79. The SMILES string of the molecule is Cc1nc(Cn2ccc3ccc(C=O)cc32)no1.